The highest BCUT2D eigenvalue weighted by atomic mass is 32.2. The van der Waals surface area contributed by atoms with Crippen molar-refractivity contribution in [2.24, 2.45) is 0 Å². The first-order valence-electron chi connectivity index (χ1n) is 19.2. The van der Waals surface area contributed by atoms with E-state index in [2.05, 4.69) is 38.2 Å². The number of unbranched alkanes of at least 4 members (excludes halogenated alkanes) is 8. The van der Waals surface area contributed by atoms with Crippen molar-refractivity contribution in [1.29, 1.82) is 0 Å². The van der Waals surface area contributed by atoms with Crippen molar-refractivity contribution in [1.82, 2.24) is 0 Å². The molecule has 0 aromatic carbocycles. The van der Waals surface area contributed by atoms with Gasteiger partial charge in [-0.1, -0.05) is 125 Å². The van der Waals surface area contributed by atoms with Gasteiger partial charge in [-0.3, -0.25) is 14.1 Å². The number of aliphatic hydroxyl groups is 3. The van der Waals surface area contributed by atoms with Crippen LogP contribution in [0.2, 0.25) is 0 Å². The summed E-state index contributed by atoms with van der Waals surface area (Å²) in [5, 5.41) is 30.7. The van der Waals surface area contributed by atoms with Crippen LogP contribution in [0.25, 0.3) is 0 Å². The van der Waals surface area contributed by atoms with Crippen LogP contribution in [0, 0.1) is 0 Å². The molecule has 54 heavy (non-hydrogen) atoms. The summed E-state index contributed by atoms with van der Waals surface area (Å²) in [6, 6.07) is 0. The minimum Gasteiger partial charge on any atom is -0.462 e. The number of carbonyl (C=O) groups is 2. The van der Waals surface area contributed by atoms with Crippen molar-refractivity contribution in [2.45, 2.75) is 141 Å². The quantitative estimate of drug-likeness (QED) is 0.0278. The Bertz CT molecular complexity index is 1330. The lowest BCUT2D eigenvalue weighted by Gasteiger charge is -2.40. The Hall–Kier alpha value is -3.17. The normalized spacial score (nSPS) is 21.9. The Balaban J connectivity index is 2.58. The van der Waals surface area contributed by atoms with Gasteiger partial charge in [-0.15, -0.1) is 0 Å². The van der Waals surface area contributed by atoms with E-state index in [4.69, 9.17) is 18.9 Å². The Morgan fingerprint density at radius 3 is 1.67 bits per heavy atom. The molecule has 4 N–H and O–H groups in total. The monoisotopic (exact) mass is 780 g/mol. The first-order chi connectivity index (χ1) is 26.0. The molecule has 0 aromatic heterocycles. The predicted octanol–water partition coefficient (Wildman–Crippen LogP) is 6.55. The van der Waals surface area contributed by atoms with E-state index in [1.54, 1.807) is 0 Å². The number of hydrogen-bond acceptors (Lipinski definition) is 11. The van der Waals surface area contributed by atoms with Crippen LogP contribution in [-0.4, -0.2) is 96.0 Å². The lowest BCUT2D eigenvalue weighted by Crippen LogP contribution is -2.60. The summed E-state index contributed by atoms with van der Waals surface area (Å²) < 4.78 is 53.8. The summed E-state index contributed by atoms with van der Waals surface area (Å²) >= 11 is 0. The zero-order valence-corrected chi connectivity index (χ0v) is 32.8. The number of allylic oxidation sites excluding steroid dienone is 14. The van der Waals surface area contributed by atoms with Crippen LogP contribution in [0.15, 0.2) is 85.1 Å². The Labute approximate surface area is 322 Å². The number of ether oxygens (including phenoxy) is 4. The molecule has 0 aromatic rings. The molecule has 1 heterocycles. The SMILES string of the molecule is CC/C=C/C=C/C=C/C=C/CCCCCC(=O)OCC(CO[C@@H]1O[C@@H](CS(=O)(=O)O)[C@H](O)C(O)C1O)OC(=O)CCCCCCC/C=C/C=C/C=C/CC. The zero-order chi connectivity index (χ0) is 39.9. The molecule has 1 aliphatic rings. The van der Waals surface area contributed by atoms with Crippen LogP contribution < -0.4 is 0 Å². The summed E-state index contributed by atoms with van der Waals surface area (Å²) in [5.41, 5.74) is 0. The summed E-state index contributed by atoms with van der Waals surface area (Å²) in [5.74, 6) is -2.08. The van der Waals surface area contributed by atoms with Crippen molar-refractivity contribution in [3.63, 3.8) is 0 Å². The standard InChI is InChI=1S/C41H64O12S/c1-3-5-7-9-11-13-15-17-19-21-23-25-27-29-36(42)50-31-34(32-51-41-40(46)39(45)38(44)35(53-41)33-54(47,48)49)52-37(43)30-28-26-24-22-20-18-16-14-12-10-8-6-4-2/h5-17,19,34-35,38-41,44-46H,3-4,18,20-33H2,1-2H3,(H,47,48,49)/b7-5+,8-6+,11-9+,12-10+,15-13+,16-14+,19-17+/t34?,35-,38-,39?,40?,41+/m0/s1. The molecule has 1 rings (SSSR count). The Kier molecular flexibility index (Phi) is 28.1. The van der Waals surface area contributed by atoms with Gasteiger partial charge >= 0.3 is 11.9 Å². The average Bonchev–Trinajstić information content (AvgIpc) is 3.13. The molecule has 0 spiro atoms. The van der Waals surface area contributed by atoms with Crippen LogP contribution in [0.4, 0.5) is 0 Å². The van der Waals surface area contributed by atoms with Crippen LogP contribution in [0.5, 0.6) is 0 Å². The highest BCUT2D eigenvalue weighted by Gasteiger charge is 2.46. The predicted molar refractivity (Wildman–Crippen MR) is 210 cm³/mol. The van der Waals surface area contributed by atoms with Gasteiger partial charge in [0.05, 0.1) is 6.61 Å². The van der Waals surface area contributed by atoms with E-state index in [1.807, 2.05) is 60.8 Å². The molecule has 0 bridgehead atoms. The van der Waals surface area contributed by atoms with Crippen LogP contribution in [0.1, 0.15) is 104 Å². The van der Waals surface area contributed by atoms with E-state index < -0.39 is 71.2 Å². The fraction of sp³-hybridized carbons (Fsp3) is 0.610. The molecule has 1 saturated heterocycles. The summed E-state index contributed by atoms with van der Waals surface area (Å²) in [6.07, 6.45) is 29.3. The number of carbonyl (C=O) groups excluding carboxylic acids is 2. The lowest BCUT2D eigenvalue weighted by atomic mass is 10.00. The highest BCUT2D eigenvalue weighted by Crippen LogP contribution is 2.23. The van der Waals surface area contributed by atoms with Gasteiger partial charge in [0, 0.05) is 12.8 Å². The van der Waals surface area contributed by atoms with Crippen LogP contribution >= 0.6 is 0 Å². The van der Waals surface area contributed by atoms with Crippen molar-refractivity contribution in [2.75, 3.05) is 19.0 Å². The van der Waals surface area contributed by atoms with Gasteiger partial charge in [0.1, 0.15) is 36.8 Å². The Morgan fingerprint density at radius 1 is 0.630 bits per heavy atom. The third-order valence-electron chi connectivity index (χ3n) is 8.13. The molecular weight excluding hydrogens is 717 g/mol. The molecule has 3 unspecified atom stereocenters. The zero-order valence-electron chi connectivity index (χ0n) is 32.0. The first kappa shape index (κ1) is 48.8. The second kappa shape index (κ2) is 31.1. The van der Waals surface area contributed by atoms with E-state index in [0.29, 0.717) is 12.8 Å². The minimum absolute atomic E-state index is 0.127. The van der Waals surface area contributed by atoms with Gasteiger partial charge in [0.15, 0.2) is 12.4 Å². The van der Waals surface area contributed by atoms with Gasteiger partial charge < -0.3 is 34.3 Å². The second-order valence-corrected chi connectivity index (χ2v) is 14.5. The molecule has 12 nitrogen and oxygen atoms in total. The number of esters is 2. The lowest BCUT2D eigenvalue weighted by molar-refractivity contribution is -0.297. The molecule has 306 valence electrons. The maximum absolute atomic E-state index is 12.7. The summed E-state index contributed by atoms with van der Waals surface area (Å²) in [6.45, 7) is 3.38. The van der Waals surface area contributed by atoms with Crippen LogP contribution in [-0.2, 0) is 38.7 Å². The Morgan fingerprint density at radius 2 is 1.11 bits per heavy atom. The third kappa shape index (κ3) is 25.8. The molecule has 1 fully saturated rings. The highest BCUT2D eigenvalue weighted by molar-refractivity contribution is 7.85. The number of aliphatic hydroxyl groups excluding tert-OH is 3. The van der Waals surface area contributed by atoms with E-state index in [1.165, 1.54) is 0 Å². The minimum atomic E-state index is -4.61. The van der Waals surface area contributed by atoms with Crippen molar-refractivity contribution < 1.29 is 56.8 Å². The largest absolute Gasteiger partial charge is 0.462 e. The van der Waals surface area contributed by atoms with Gasteiger partial charge in [-0.2, -0.15) is 8.42 Å². The fourth-order valence-corrected chi connectivity index (χ4v) is 5.85. The van der Waals surface area contributed by atoms with E-state index >= 15 is 0 Å². The fourth-order valence-electron chi connectivity index (χ4n) is 5.15. The third-order valence-corrected chi connectivity index (χ3v) is 8.88. The molecule has 0 aliphatic carbocycles. The maximum Gasteiger partial charge on any atom is 0.306 e. The van der Waals surface area contributed by atoms with Gasteiger partial charge in [-0.25, -0.2) is 0 Å². The number of rotatable bonds is 29. The number of hydrogen-bond donors (Lipinski definition) is 4. The van der Waals surface area contributed by atoms with Gasteiger partial charge in [0.25, 0.3) is 10.1 Å². The van der Waals surface area contributed by atoms with Crippen LogP contribution in [0.3, 0.4) is 0 Å². The molecule has 13 heteroatoms. The molecule has 0 amide bonds. The topological polar surface area (TPSA) is 186 Å². The molecule has 1 aliphatic heterocycles. The van der Waals surface area contributed by atoms with Gasteiger partial charge in [0.2, 0.25) is 0 Å². The van der Waals surface area contributed by atoms with E-state index in [0.717, 1.165) is 64.2 Å². The molecule has 6 atom stereocenters. The molecule has 0 saturated carbocycles. The molecular formula is C41H64O12S. The summed E-state index contributed by atoms with van der Waals surface area (Å²) in [7, 11) is -4.61. The maximum atomic E-state index is 12.7. The average molecular weight is 781 g/mol. The summed E-state index contributed by atoms with van der Waals surface area (Å²) in [4.78, 5) is 25.2. The van der Waals surface area contributed by atoms with E-state index in [9.17, 15) is 37.9 Å². The van der Waals surface area contributed by atoms with Gasteiger partial charge in [-0.05, 0) is 51.4 Å². The first-order valence-corrected chi connectivity index (χ1v) is 20.8. The van der Waals surface area contributed by atoms with E-state index in [-0.39, 0.29) is 19.4 Å². The van der Waals surface area contributed by atoms with Crippen molar-refractivity contribution in [3.8, 4) is 0 Å². The smallest absolute Gasteiger partial charge is 0.306 e. The second-order valence-electron chi connectivity index (χ2n) is 13.0. The molecule has 0 radical (unpaired) electrons. The van der Waals surface area contributed by atoms with Crippen molar-refractivity contribution in [3.05, 3.63) is 85.1 Å². The van der Waals surface area contributed by atoms with Crippen molar-refractivity contribution >= 4 is 22.1 Å².